The molecule has 0 unspecified atom stereocenters. The van der Waals surface area contributed by atoms with Crippen LogP contribution in [0.15, 0.2) is 79.1 Å². The molecule has 0 saturated carbocycles. The Kier molecular flexibility index (Phi) is 5.17. The molecule has 134 valence electrons. The van der Waals surface area contributed by atoms with E-state index in [-0.39, 0.29) is 0 Å². The van der Waals surface area contributed by atoms with E-state index in [0.29, 0.717) is 5.02 Å². The second-order valence-electron chi connectivity index (χ2n) is 6.23. The molecular formula is C22H19ClN4. The summed E-state index contributed by atoms with van der Waals surface area (Å²) >= 11 is 6.16. The lowest BCUT2D eigenvalue weighted by Gasteiger charge is -2.11. The van der Waals surface area contributed by atoms with Crippen LogP contribution in [0.4, 0.5) is 5.82 Å². The van der Waals surface area contributed by atoms with E-state index in [1.165, 1.54) is 5.56 Å². The molecule has 4 rings (SSSR count). The summed E-state index contributed by atoms with van der Waals surface area (Å²) in [5.74, 6) is 0.845. The Morgan fingerprint density at radius 1 is 0.926 bits per heavy atom. The second-order valence-corrected chi connectivity index (χ2v) is 6.67. The highest BCUT2D eigenvalue weighted by Crippen LogP contribution is 2.34. The predicted molar refractivity (Wildman–Crippen MR) is 111 cm³/mol. The maximum Gasteiger partial charge on any atom is 0.133 e. The number of nitrogens with zero attached hydrogens (tertiary/aromatic N) is 2. The molecule has 4 nitrogen and oxygen atoms in total. The zero-order chi connectivity index (χ0) is 18.5. The van der Waals surface area contributed by atoms with Crippen LogP contribution in [0.3, 0.4) is 0 Å². The molecule has 4 aromatic rings. The molecule has 0 atom stereocenters. The van der Waals surface area contributed by atoms with Crippen LogP contribution in [-0.2, 0) is 6.42 Å². The fourth-order valence-electron chi connectivity index (χ4n) is 3.09. The minimum absolute atomic E-state index is 0.695. The topological polar surface area (TPSA) is 53.6 Å². The number of pyridine rings is 1. The molecule has 0 radical (unpaired) electrons. The first kappa shape index (κ1) is 17.3. The van der Waals surface area contributed by atoms with Gasteiger partial charge in [-0.3, -0.25) is 5.10 Å². The maximum atomic E-state index is 6.16. The monoisotopic (exact) mass is 374 g/mol. The van der Waals surface area contributed by atoms with Gasteiger partial charge in [0, 0.05) is 34.5 Å². The van der Waals surface area contributed by atoms with Crippen molar-refractivity contribution in [2.75, 3.05) is 11.9 Å². The number of hydrogen-bond acceptors (Lipinski definition) is 3. The minimum atomic E-state index is 0.695. The summed E-state index contributed by atoms with van der Waals surface area (Å²) in [7, 11) is 0. The van der Waals surface area contributed by atoms with Gasteiger partial charge in [-0.2, -0.15) is 5.10 Å². The van der Waals surface area contributed by atoms with Gasteiger partial charge in [0.15, 0.2) is 0 Å². The highest BCUT2D eigenvalue weighted by Gasteiger charge is 2.14. The summed E-state index contributed by atoms with van der Waals surface area (Å²) in [4.78, 5) is 4.54. The van der Waals surface area contributed by atoms with E-state index in [1.807, 2.05) is 42.6 Å². The van der Waals surface area contributed by atoms with Gasteiger partial charge in [0.25, 0.3) is 0 Å². The zero-order valence-corrected chi connectivity index (χ0v) is 15.4. The van der Waals surface area contributed by atoms with Crippen molar-refractivity contribution >= 4 is 17.4 Å². The van der Waals surface area contributed by atoms with Crippen molar-refractivity contribution in [2.24, 2.45) is 0 Å². The lowest BCUT2D eigenvalue weighted by Crippen LogP contribution is -2.07. The van der Waals surface area contributed by atoms with Gasteiger partial charge in [-0.1, -0.05) is 54.1 Å². The van der Waals surface area contributed by atoms with Crippen molar-refractivity contribution in [3.8, 4) is 22.4 Å². The molecule has 0 spiro atoms. The van der Waals surface area contributed by atoms with Gasteiger partial charge in [-0.25, -0.2) is 4.98 Å². The predicted octanol–water partition coefficient (Wildman–Crippen LogP) is 5.45. The van der Waals surface area contributed by atoms with Crippen LogP contribution in [0, 0.1) is 0 Å². The number of aromatic nitrogens is 3. The molecule has 0 aliphatic rings. The molecule has 0 amide bonds. The standard InChI is InChI=1S/C22H19ClN4/c23-18-9-4-8-17(14-18)21-20(15-26-27-21)19-10-5-12-24-22(19)25-13-11-16-6-2-1-3-7-16/h1-10,12,14-15H,11,13H2,(H,24,25)(H,26,27). The Balaban J connectivity index is 1.59. The lowest BCUT2D eigenvalue weighted by atomic mass is 10.0. The maximum absolute atomic E-state index is 6.16. The largest absolute Gasteiger partial charge is 0.369 e. The Morgan fingerprint density at radius 2 is 1.81 bits per heavy atom. The fourth-order valence-corrected chi connectivity index (χ4v) is 3.28. The first-order chi connectivity index (χ1) is 13.3. The summed E-state index contributed by atoms with van der Waals surface area (Å²) in [6.07, 6.45) is 4.56. The molecular weight excluding hydrogens is 356 g/mol. The highest BCUT2D eigenvalue weighted by atomic mass is 35.5. The van der Waals surface area contributed by atoms with Crippen molar-refractivity contribution in [1.82, 2.24) is 15.2 Å². The Morgan fingerprint density at radius 3 is 2.67 bits per heavy atom. The molecule has 2 N–H and O–H groups in total. The number of aromatic amines is 1. The average molecular weight is 375 g/mol. The number of anilines is 1. The molecule has 0 bridgehead atoms. The second kappa shape index (κ2) is 8.06. The Hall–Kier alpha value is -3.11. The molecule has 0 fully saturated rings. The third-order valence-electron chi connectivity index (χ3n) is 4.40. The van der Waals surface area contributed by atoms with Crippen molar-refractivity contribution < 1.29 is 0 Å². The van der Waals surface area contributed by atoms with Gasteiger partial charge in [0.2, 0.25) is 0 Å². The van der Waals surface area contributed by atoms with Crippen molar-refractivity contribution in [3.05, 3.63) is 89.7 Å². The molecule has 2 heterocycles. The van der Waals surface area contributed by atoms with Crippen LogP contribution >= 0.6 is 11.6 Å². The van der Waals surface area contributed by atoms with Crippen LogP contribution in [0.5, 0.6) is 0 Å². The van der Waals surface area contributed by atoms with Gasteiger partial charge >= 0.3 is 0 Å². The Labute approximate surface area is 163 Å². The van der Waals surface area contributed by atoms with Gasteiger partial charge in [0.05, 0.1) is 11.9 Å². The van der Waals surface area contributed by atoms with Crippen LogP contribution in [0.25, 0.3) is 22.4 Å². The highest BCUT2D eigenvalue weighted by molar-refractivity contribution is 6.30. The normalized spacial score (nSPS) is 10.7. The van der Waals surface area contributed by atoms with Crippen LogP contribution < -0.4 is 5.32 Å². The fraction of sp³-hybridized carbons (Fsp3) is 0.0909. The molecule has 0 aliphatic heterocycles. The number of benzene rings is 2. The summed E-state index contributed by atoms with van der Waals surface area (Å²) in [5.41, 5.74) is 5.22. The number of H-pyrrole nitrogens is 1. The van der Waals surface area contributed by atoms with Crippen molar-refractivity contribution in [2.45, 2.75) is 6.42 Å². The number of halogens is 1. The summed E-state index contributed by atoms with van der Waals surface area (Å²) in [6, 6.07) is 22.1. The van der Waals surface area contributed by atoms with Crippen LogP contribution in [-0.4, -0.2) is 21.7 Å². The SMILES string of the molecule is Clc1cccc(-c2[nH]ncc2-c2cccnc2NCCc2ccccc2)c1. The minimum Gasteiger partial charge on any atom is -0.369 e. The van der Waals surface area contributed by atoms with E-state index in [4.69, 9.17) is 11.6 Å². The molecule has 0 saturated heterocycles. The van der Waals surface area contributed by atoms with Gasteiger partial charge in [-0.05, 0) is 36.2 Å². The quantitative estimate of drug-likeness (QED) is 0.472. The third kappa shape index (κ3) is 4.01. The van der Waals surface area contributed by atoms with E-state index < -0.39 is 0 Å². The van der Waals surface area contributed by atoms with Crippen molar-refractivity contribution in [3.63, 3.8) is 0 Å². The molecule has 2 aromatic carbocycles. The summed E-state index contributed by atoms with van der Waals surface area (Å²) in [6.45, 7) is 0.804. The number of nitrogens with one attached hydrogen (secondary N) is 2. The summed E-state index contributed by atoms with van der Waals surface area (Å²) in [5, 5.41) is 11.5. The number of rotatable bonds is 6. The van der Waals surface area contributed by atoms with Crippen LogP contribution in [0.1, 0.15) is 5.56 Å². The number of hydrogen-bond donors (Lipinski definition) is 2. The first-order valence-corrected chi connectivity index (χ1v) is 9.21. The van der Waals surface area contributed by atoms with E-state index >= 15 is 0 Å². The lowest BCUT2D eigenvalue weighted by molar-refractivity contribution is 1.01. The van der Waals surface area contributed by atoms with Crippen molar-refractivity contribution in [1.29, 1.82) is 0 Å². The molecule has 27 heavy (non-hydrogen) atoms. The van der Waals surface area contributed by atoms with Gasteiger partial charge in [0.1, 0.15) is 5.82 Å². The van der Waals surface area contributed by atoms with Crippen LogP contribution in [0.2, 0.25) is 5.02 Å². The zero-order valence-electron chi connectivity index (χ0n) is 14.7. The van der Waals surface area contributed by atoms with E-state index in [2.05, 4.69) is 50.8 Å². The third-order valence-corrected chi connectivity index (χ3v) is 4.63. The van der Waals surface area contributed by atoms with E-state index in [1.54, 1.807) is 6.20 Å². The average Bonchev–Trinajstić information content (AvgIpc) is 3.19. The van der Waals surface area contributed by atoms with E-state index in [0.717, 1.165) is 41.2 Å². The smallest absolute Gasteiger partial charge is 0.133 e. The molecule has 0 aliphatic carbocycles. The first-order valence-electron chi connectivity index (χ1n) is 8.84. The van der Waals surface area contributed by atoms with Gasteiger partial charge in [-0.15, -0.1) is 0 Å². The molecule has 2 aromatic heterocycles. The summed E-state index contributed by atoms with van der Waals surface area (Å²) < 4.78 is 0. The van der Waals surface area contributed by atoms with E-state index in [9.17, 15) is 0 Å². The Bertz CT molecular complexity index is 1030. The molecule has 5 heteroatoms. The van der Waals surface area contributed by atoms with Gasteiger partial charge < -0.3 is 5.32 Å².